The van der Waals surface area contributed by atoms with E-state index in [1.807, 2.05) is 0 Å². The second-order valence-electron chi connectivity index (χ2n) is 5.29. The molecule has 0 unspecified atom stereocenters. The summed E-state index contributed by atoms with van der Waals surface area (Å²) < 4.78 is 27.4. The fraction of sp³-hybridized carbons (Fsp3) is 0.333. The zero-order valence-corrected chi connectivity index (χ0v) is 11.9. The molecule has 1 aromatic carbocycles. The average Bonchev–Trinajstić information content (AvgIpc) is 2.38. The van der Waals surface area contributed by atoms with Crippen molar-refractivity contribution in [3.8, 4) is 0 Å². The number of benzene rings is 1. The number of rotatable bonds is 5. The number of halogens is 2. The third kappa shape index (κ3) is 4.37. The molecule has 2 aromatic rings. The van der Waals surface area contributed by atoms with Crippen LogP contribution in [0.5, 0.6) is 0 Å². The highest BCUT2D eigenvalue weighted by molar-refractivity contribution is 5.38. The van der Waals surface area contributed by atoms with Crippen molar-refractivity contribution in [2.75, 3.05) is 11.9 Å². The van der Waals surface area contributed by atoms with Gasteiger partial charge in [-0.05, 0) is 23.6 Å². The number of hydrogen-bond acceptors (Lipinski definition) is 3. The van der Waals surface area contributed by atoms with E-state index < -0.39 is 11.6 Å². The first kappa shape index (κ1) is 15.2. The topological polar surface area (TPSA) is 46.9 Å². The first-order valence-corrected chi connectivity index (χ1v) is 6.70. The molecular weight excluding hydrogens is 276 g/mol. The summed E-state index contributed by atoms with van der Waals surface area (Å²) in [5.41, 5.74) is 0.661. The highest BCUT2D eigenvalue weighted by Crippen LogP contribution is 2.09. The summed E-state index contributed by atoms with van der Waals surface area (Å²) in [6.07, 6.45) is 1.53. The SMILES string of the molecule is CC(C)CNc1cnn(Cc2cc(F)cc(F)c2)c(=O)c1. The summed E-state index contributed by atoms with van der Waals surface area (Å²) in [5, 5.41) is 7.11. The second kappa shape index (κ2) is 6.47. The number of anilines is 1. The summed E-state index contributed by atoms with van der Waals surface area (Å²) in [6.45, 7) is 4.87. The third-order valence-corrected chi connectivity index (χ3v) is 2.84. The Morgan fingerprint density at radius 2 is 1.86 bits per heavy atom. The lowest BCUT2D eigenvalue weighted by molar-refractivity contribution is 0.570. The maximum absolute atomic E-state index is 13.1. The van der Waals surface area contributed by atoms with Gasteiger partial charge in [0.2, 0.25) is 0 Å². The smallest absolute Gasteiger partial charge is 0.269 e. The molecule has 0 saturated carbocycles. The van der Waals surface area contributed by atoms with Gasteiger partial charge < -0.3 is 5.32 Å². The molecule has 0 spiro atoms. The molecule has 1 N–H and O–H groups in total. The van der Waals surface area contributed by atoms with E-state index in [9.17, 15) is 13.6 Å². The summed E-state index contributed by atoms with van der Waals surface area (Å²) in [4.78, 5) is 11.9. The molecule has 0 atom stereocenters. The Balaban J connectivity index is 2.15. The molecule has 0 aliphatic rings. The summed E-state index contributed by atoms with van der Waals surface area (Å²) in [6, 6.07) is 4.58. The minimum atomic E-state index is -0.673. The van der Waals surface area contributed by atoms with Crippen LogP contribution in [0.3, 0.4) is 0 Å². The number of nitrogens with zero attached hydrogens (tertiary/aromatic N) is 2. The molecule has 0 aliphatic carbocycles. The van der Waals surface area contributed by atoms with Crippen LogP contribution in [-0.4, -0.2) is 16.3 Å². The summed E-state index contributed by atoms with van der Waals surface area (Å²) >= 11 is 0. The maximum atomic E-state index is 13.1. The molecule has 0 amide bonds. The molecule has 1 heterocycles. The van der Waals surface area contributed by atoms with Crippen LogP contribution in [0.25, 0.3) is 0 Å². The van der Waals surface area contributed by atoms with E-state index in [1.54, 1.807) is 0 Å². The van der Waals surface area contributed by atoms with E-state index in [-0.39, 0.29) is 12.1 Å². The molecule has 6 heteroatoms. The van der Waals surface area contributed by atoms with Crippen molar-refractivity contribution in [3.05, 3.63) is 58.0 Å². The normalized spacial score (nSPS) is 10.9. The van der Waals surface area contributed by atoms with Crippen LogP contribution in [0.2, 0.25) is 0 Å². The van der Waals surface area contributed by atoms with Crippen molar-refractivity contribution in [2.45, 2.75) is 20.4 Å². The van der Waals surface area contributed by atoms with Crippen LogP contribution in [0.15, 0.2) is 35.3 Å². The zero-order valence-electron chi connectivity index (χ0n) is 11.9. The maximum Gasteiger partial charge on any atom is 0.269 e. The van der Waals surface area contributed by atoms with E-state index in [2.05, 4.69) is 24.3 Å². The third-order valence-electron chi connectivity index (χ3n) is 2.84. The quantitative estimate of drug-likeness (QED) is 0.922. The molecule has 0 aliphatic heterocycles. The largest absolute Gasteiger partial charge is 0.383 e. The zero-order chi connectivity index (χ0) is 15.4. The van der Waals surface area contributed by atoms with Gasteiger partial charge in [-0.3, -0.25) is 4.79 Å². The van der Waals surface area contributed by atoms with Crippen LogP contribution in [-0.2, 0) is 6.54 Å². The molecule has 4 nitrogen and oxygen atoms in total. The fourth-order valence-electron chi connectivity index (χ4n) is 1.85. The first-order chi connectivity index (χ1) is 9.94. The van der Waals surface area contributed by atoms with Gasteiger partial charge in [0, 0.05) is 18.7 Å². The minimum Gasteiger partial charge on any atom is -0.383 e. The highest BCUT2D eigenvalue weighted by atomic mass is 19.1. The lowest BCUT2D eigenvalue weighted by Gasteiger charge is -2.10. The van der Waals surface area contributed by atoms with Crippen LogP contribution in [0, 0.1) is 17.6 Å². The van der Waals surface area contributed by atoms with Crippen molar-refractivity contribution >= 4 is 5.69 Å². The van der Waals surface area contributed by atoms with Crippen LogP contribution >= 0.6 is 0 Å². The number of hydrogen-bond donors (Lipinski definition) is 1. The molecule has 0 fully saturated rings. The van der Waals surface area contributed by atoms with Crippen molar-refractivity contribution in [1.29, 1.82) is 0 Å². The molecule has 0 saturated heterocycles. The molecule has 0 bridgehead atoms. The Hall–Kier alpha value is -2.24. The summed E-state index contributed by atoms with van der Waals surface area (Å²) in [7, 11) is 0. The van der Waals surface area contributed by atoms with E-state index in [1.165, 1.54) is 24.4 Å². The lowest BCUT2D eigenvalue weighted by Crippen LogP contribution is -2.23. The molecule has 0 radical (unpaired) electrons. The molecular formula is C15H17F2N3O. The van der Waals surface area contributed by atoms with Crippen molar-refractivity contribution < 1.29 is 8.78 Å². The van der Waals surface area contributed by atoms with E-state index in [0.29, 0.717) is 17.2 Å². The van der Waals surface area contributed by atoms with Crippen molar-refractivity contribution in [3.63, 3.8) is 0 Å². The highest BCUT2D eigenvalue weighted by Gasteiger charge is 2.05. The van der Waals surface area contributed by atoms with Gasteiger partial charge in [-0.15, -0.1) is 0 Å². The van der Waals surface area contributed by atoms with Gasteiger partial charge >= 0.3 is 0 Å². The predicted molar refractivity (Wildman–Crippen MR) is 77.3 cm³/mol. The van der Waals surface area contributed by atoms with Gasteiger partial charge in [-0.2, -0.15) is 5.10 Å². The van der Waals surface area contributed by atoms with Crippen LogP contribution in [0.1, 0.15) is 19.4 Å². The van der Waals surface area contributed by atoms with Gasteiger partial charge in [-0.25, -0.2) is 13.5 Å². The van der Waals surface area contributed by atoms with Gasteiger partial charge in [0.05, 0.1) is 18.4 Å². The van der Waals surface area contributed by atoms with Crippen molar-refractivity contribution in [2.24, 2.45) is 5.92 Å². The first-order valence-electron chi connectivity index (χ1n) is 6.70. The van der Waals surface area contributed by atoms with Crippen molar-refractivity contribution in [1.82, 2.24) is 9.78 Å². The van der Waals surface area contributed by atoms with E-state index in [4.69, 9.17) is 0 Å². The molecule has 21 heavy (non-hydrogen) atoms. The van der Waals surface area contributed by atoms with Gasteiger partial charge in [0.25, 0.3) is 5.56 Å². The van der Waals surface area contributed by atoms with Crippen LogP contribution in [0.4, 0.5) is 14.5 Å². The Bertz CT molecular complexity index is 663. The van der Waals surface area contributed by atoms with Gasteiger partial charge in [0.1, 0.15) is 11.6 Å². The Kier molecular flexibility index (Phi) is 4.67. The number of aromatic nitrogens is 2. The Morgan fingerprint density at radius 1 is 1.19 bits per heavy atom. The standard InChI is InChI=1S/C15H17F2N3O/c1-10(2)7-18-14-6-15(21)20(19-8-14)9-11-3-12(16)5-13(17)4-11/h3-6,8,10,18H,7,9H2,1-2H3. The molecule has 1 aromatic heterocycles. The van der Waals surface area contributed by atoms with Gasteiger partial charge in [0.15, 0.2) is 0 Å². The molecule has 112 valence electrons. The monoisotopic (exact) mass is 293 g/mol. The Morgan fingerprint density at radius 3 is 2.43 bits per heavy atom. The van der Waals surface area contributed by atoms with Gasteiger partial charge in [-0.1, -0.05) is 13.8 Å². The minimum absolute atomic E-state index is 0.0258. The lowest BCUT2D eigenvalue weighted by atomic mass is 10.2. The fourth-order valence-corrected chi connectivity index (χ4v) is 1.85. The summed E-state index contributed by atoms with van der Waals surface area (Å²) in [5.74, 6) is -0.899. The van der Waals surface area contributed by atoms with E-state index in [0.717, 1.165) is 17.3 Å². The average molecular weight is 293 g/mol. The second-order valence-corrected chi connectivity index (χ2v) is 5.29. The van der Waals surface area contributed by atoms with Crippen LogP contribution < -0.4 is 10.9 Å². The Labute approximate surface area is 121 Å². The van der Waals surface area contributed by atoms with E-state index >= 15 is 0 Å². The number of nitrogens with one attached hydrogen (secondary N) is 1. The molecule has 2 rings (SSSR count). The predicted octanol–water partition coefficient (Wildman–Crippen LogP) is 2.64.